The van der Waals surface area contributed by atoms with Crippen LogP contribution >= 0.6 is 0 Å². The second kappa shape index (κ2) is 6.25. The fourth-order valence-corrected chi connectivity index (χ4v) is 2.98. The Hall–Kier alpha value is -3.23. The van der Waals surface area contributed by atoms with Gasteiger partial charge in [-0.25, -0.2) is 14.4 Å². The van der Waals surface area contributed by atoms with E-state index in [4.69, 9.17) is 5.73 Å². The third-order valence-electron chi connectivity index (χ3n) is 4.29. The highest BCUT2D eigenvalue weighted by Gasteiger charge is 2.16. The molecule has 0 saturated carbocycles. The van der Waals surface area contributed by atoms with Gasteiger partial charge in [-0.2, -0.15) is 5.10 Å². The predicted molar refractivity (Wildman–Crippen MR) is 95.7 cm³/mol. The quantitative estimate of drug-likeness (QED) is 0.661. The minimum Gasteiger partial charge on any atom is -0.383 e. The molecular weight excluding hydrogens is 337 g/mol. The first-order chi connectivity index (χ1) is 12.5. The number of carbonyl (C=O) groups excluding carboxylic acids is 1. The van der Waals surface area contributed by atoms with Gasteiger partial charge in [0.25, 0.3) is 0 Å². The molecule has 26 heavy (non-hydrogen) atoms. The van der Waals surface area contributed by atoms with Gasteiger partial charge in [-0.15, -0.1) is 0 Å². The Labute approximate surface area is 148 Å². The summed E-state index contributed by atoms with van der Waals surface area (Å²) >= 11 is 0. The van der Waals surface area contributed by atoms with E-state index in [1.165, 1.54) is 6.92 Å². The van der Waals surface area contributed by atoms with Crippen LogP contribution in [0.1, 0.15) is 24.5 Å². The van der Waals surface area contributed by atoms with Gasteiger partial charge in [-0.1, -0.05) is 0 Å². The van der Waals surface area contributed by atoms with Crippen molar-refractivity contribution in [2.24, 2.45) is 0 Å². The van der Waals surface area contributed by atoms with Crippen molar-refractivity contribution < 1.29 is 9.18 Å². The van der Waals surface area contributed by atoms with E-state index in [9.17, 15) is 9.18 Å². The van der Waals surface area contributed by atoms with Gasteiger partial charge in [0.2, 0.25) is 5.91 Å². The molecular formula is C17H18FN7O. The van der Waals surface area contributed by atoms with Crippen molar-refractivity contribution in [2.45, 2.75) is 26.1 Å². The molecule has 9 heteroatoms. The van der Waals surface area contributed by atoms with Crippen LogP contribution < -0.4 is 16.4 Å². The van der Waals surface area contributed by atoms with Gasteiger partial charge >= 0.3 is 0 Å². The Morgan fingerprint density at radius 2 is 2.19 bits per heavy atom. The van der Waals surface area contributed by atoms with E-state index in [2.05, 4.69) is 25.7 Å². The Morgan fingerprint density at radius 1 is 1.35 bits per heavy atom. The molecule has 0 spiro atoms. The van der Waals surface area contributed by atoms with Crippen LogP contribution in [-0.2, 0) is 17.8 Å². The highest BCUT2D eigenvalue weighted by atomic mass is 19.1. The van der Waals surface area contributed by atoms with Gasteiger partial charge < -0.3 is 16.4 Å². The van der Waals surface area contributed by atoms with Crippen molar-refractivity contribution in [2.75, 3.05) is 17.6 Å². The number of pyridine rings is 2. The Kier molecular flexibility index (Phi) is 3.90. The molecule has 1 atom stereocenters. The van der Waals surface area contributed by atoms with Crippen molar-refractivity contribution in [1.82, 2.24) is 25.1 Å². The lowest BCUT2D eigenvalue weighted by atomic mass is 10.1. The van der Waals surface area contributed by atoms with E-state index in [1.807, 2.05) is 6.07 Å². The third kappa shape index (κ3) is 3.03. The molecule has 0 saturated heterocycles. The number of nitrogens with two attached hydrogens (primary N) is 1. The second-order valence-electron chi connectivity index (χ2n) is 6.24. The maximum Gasteiger partial charge on any atom is 0.241 e. The standard InChI is InChI=1S/C17H18FN7O/c1-9(18)13-4-10-5-14(21-7-12(10)17(19)22-13)23-15-6-11-2-3-20-16(26)8-25(11)24-15/h4-7,9H,2-3,8H2,1H3,(H2,19,22)(H,20,26)(H,21,23,24). The Bertz CT molecular complexity index is 998. The van der Waals surface area contributed by atoms with Crippen molar-refractivity contribution >= 4 is 34.1 Å². The number of carbonyl (C=O) groups is 1. The average molecular weight is 355 g/mol. The largest absolute Gasteiger partial charge is 0.383 e. The molecule has 134 valence electrons. The molecule has 1 aliphatic heterocycles. The second-order valence-corrected chi connectivity index (χ2v) is 6.24. The van der Waals surface area contributed by atoms with Crippen LogP contribution in [-0.4, -0.2) is 32.2 Å². The summed E-state index contributed by atoms with van der Waals surface area (Å²) in [5.74, 6) is 1.35. The van der Waals surface area contributed by atoms with Crippen molar-refractivity contribution in [1.29, 1.82) is 0 Å². The van der Waals surface area contributed by atoms with Crippen molar-refractivity contribution in [3.05, 3.63) is 35.8 Å². The summed E-state index contributed by atoms with van der Waals surface area (Å²) in [6.45, 7) is 2.21. The van der Waals surface area contributed by atoms with Crippen molar-refractivity contribution in [3.8, 4) is 0 Å². The number of halogens is 1. The zero-order valence-electron chi connectivity index (χ0n) is 14.2. The van der Waals surface area contributed by atoms with Crippen LogP contribution in [0.25, 0.3) is 10.8 Å². The summed E-state index contributed by atoms with van der Waals surface area (Å²) in [5, 5.41) is 11.7. The number of alkyl halides is 1. The zero-order chi connectivity index (χ0) is 18.3. The third-order valence-corrected chi connectivity index (χ3v) is 4.29. The Balaban J connectivity index is 1.65. The summed E-state index contributed by atoms with van der Waals surface area (Å²) in [7, 11) is 0. The molecule has 1 amide bonds. The molecule has 0 aliphatic carbocycles. The normalized spacial score (nSPS) is 15.2. The molecule has 3 aromatic rings. The average Bonchev–Trinajstić information content (AvgIpc) is 2.86. The molecule has 8 nitrogen and oxygen atoms in total. The molecule has 0 radical (unpaired) electrons. The molecule has 0 bridgehead atoms. The minimum atomic E-state index is -1.21. The van der Waals surface area contributed by atoms with E-state index >= 15 is 0 Å². The number of amides is 1. The lowest BCUT2D eigenvalue weighted by Crippen LogP contribution is -2.25. The molecule has 1 aliphatic rings. The number of nitrogens with zero attached hydrogens (tertiary/aromatic N) is 4. The Morgan fingerprint density at radius 3 is 3.00 bits per heavy atom. The van der Waals surface area contributed by atoms with Crippen LogP contribution in [0.4, 0.5) is 21.8 Å². The number of fused-ring (bicyclic) bond motifs is 2. The topological polar surface area (TPSA) is 111 Å². The minimum absolute atomic E-state index is 0.0573. The SMILES string of the molecule is CC(F)c1cc2cc(Nc3cc4n(n3)CC(=O)NCC4)ncc2c(N)n1. The van der Waals surface area contributed by atoms with Crippen LogP contribution in [0.2, 0.25) is 0 Å². The maximum atomic E-state index is 13.6. The molecule has 0 fully saturated rings. The first-order valence-electron chi connectivity index (χ1n) is 8.30. The molecule has 4 rings (SSSR count). The zero-order valence-corrected chi connectivity index (χ0v) is 14.2. The van der Waals surface area contributed by atoms with Crippen molar-refractivity contribution in [3.63, 3.8) is 0 Å². The number of anilines is 3. The monoisotopic (exact) mass is 355 g/mol. The van der Waals surface area contributed by atoms with Gasteiger partial charge in [0.05, 0.1) is 5.69 Å². The number of nitrogens with one attached hydrogen (secondary N) is 2. The number of aromatic nitrogens is 4. The lowest BCUT2D eigenvalue weighted by Gasteiger charge is -2.09. The van der Waals surface area contributed by atoms with Crippen LogP contribution in [0.15, 0.2) is 24.4 Å². The highest BCUT2D eigenvalue weighted by Crippen LogP contribution is 2.27. The van der Waals surface area contributed by atoms with Gasteiger partial charge in [0.15, 0.2) is 5.82 Å². The number of hydrogen-bond donors (Lipinski definition) is 3. The van der Waals surface area contributed by atoms with Gasteiger partial charge in [0, 0.05) is 36.3 Å². The summed E-state index contributed by atoms with van der Waals surface area (Å²) in [5.41, 5.74) is 7.15. The van der Waals surface area contributed by atoms with Gasteiger partial charge in [0.1, 0.15) is 24.4 Å². The summed E-state index contributed by atoms with van der Waals surface area (Å²) < 4.78 is 15.3. The molecule has 3 aromatic heterocycles. The first-order valence-corrected chi connectivity index (χ1v) is 8.30. The van der Waals surface area contributed by atoms with Gasteiger partial charge in [-0.3, -0.25) is 9.48 Å². The molecule has 4 N–H and O–H groups in total. The summed E-state index contributed by atoms with van der Waals surface area (Å²) in [6.07, 6.45) is 1.10. The maximum absolute atomic E-state index is 13.6. The van der Waals surface area contributed by atoms with E-state index in [1.54, 1.807) is 23.0 Å². The van der Waals surface area contributed by atoms with Crippen LogP contribution in [0.5, 0.6) is 0 Å². The molecule has 4 heterocycles. The van der Waals surface area contributed by atoms with E-state index in [0.29, 0.717) is 30.0 Å². The molecule has 1 unspecified atom stereocenters. The summed E-state index contributed by atoms with van der Waals surface area (Å²) in [6, 6.07) is 5.33. The van der Waals surface area contributed by atoms with Gasteiger partial charge in [-0.05, 0) is 24.4 Å². The number of rotatable bonds is 3. The van der Waals surface area contributed by atoms with E-state index in [0.717, 1.165) is 11.1 Å². The number of nitrogen functional groups attached to an aromatic ring is 1. The van der Waals surface area contributed by atoms with E-state index < -0.39 is 6.17 Å². The summed E-state index contributed by atoms with van der Waals surface area (Å²) in [4.78, 5) is 20.0. The van der Waals surface area contributed by atoms with Crippen LogP contribution in [0, 0.1) is 0 Å². The molecule has 0 aromatic carbocycles. The number of hydrogen-bond acceptors (Lipinski definition) is 6. The lowest BCUT2D eigenvalue weighted by molar-refractivity contribution is -0.121. The predicted octanol–water partition coefficient (Wildman–Crippen LogP) is 1.85. The highest BCUT2D eigenvalue weighted by molar-refractivity contribution is 5.92. The fourth-order valence-electron chi connectivity index (χ4n) is 2.98. The fraction of sp³-hybridized carbons (Fsp3) is 0.294. The van der Waals surface area contributed by atoms with E-state index in [-0.39, 0.29) is 24.0 Å². The first kappa shape index (κ1) is 16.2. The van der Waals surface area contributed by atoms with Crippen LogP contribution in [0.3, 0.4) is 0 Å². The smallest absolute Gasteiger partial charge is 0.241 e.